The van der Waals surface area contributed by atoms with Gasteiger partial charge in [0.05, 0.1) is 13.2 Å². The van der Waals surface area contributed by atoms with Crippen molar-refractivity contribution in [3.05, 3.63) is 138 Å². The van der Waals surface area contributed by atoms with Crippen LogP contribution in [-0.4, -0.2) is 17.8 Å². The average Bonchev–Trinajstić information content (AvgIpc) is 3.25. The summed E-state index contributed by atoms with van der Waals surface area (Å²) >= 11 is 0. The quantitative estimate of drug-likeness (QED) is 0.360. The smallest absolute Gasteiger partial charge is 0.132 e. The number of nitrogens with zero attached hydrogens (tertiary/aromatic N) is 2. The summed E-state index contributed by atoms with van der Waals surface area (Å²) in [5.74, 6) is 1.90. The fourth-order valence-corrected chi connectivity index (χ4v) is 4.43. The van der Waals surface area contributed by atoms with E-state index in [1.54, 1.807) is 7.11 Å². The normalized spacial score (nSPS) is 17.8. The molecule has 32 heavy (non-hydrogen) atoms. The van der Waals surface area contributed by atoms with E-state index in [9.17, 15) is 0 Å². The third kappa shape index (κ3) is 4.02. The number of amidine groups is 1. The van der Waals surface area contributed by atoms with Crippen molar-refractivity contribution in [1.82, 2.24) is 4.90 Å². The fourth-order valence-electron chi connectivity index (χ4n) is 4.43. The molecule has 4 aromatic carbocycles. The van der Waals surface area contributed by atoms with Crippen LogP contribution in [0.4, 0.5) is 0 Å². The first-order valence-corrected chi connectivity index (χ1v) is 11.0. The molecule has 0 saturated carbocycles. The third-order valence-electron chi connectivity index (χ3n) is 5.99. The number of methoxy groups -OCH3 is 1. The summed E-state index contributed by atoms with van der Waals surface area (Å²) in [6, 6.07) is 40.3. The van der Waals surface area contributed by atoms with Gasteiger partial charge in [-0.15, -0.1) is 0 Å². The van der Waals surface area contributed by atoms with Crippen LogP contribution in [0.15, 0.2) is 120 Å². The minimum Gasteiger partial charge on any atom is -0.497 e. The average molecular weight is 419 g/mol. The topological polar surface area (TPSA) is 24.8 Å². The predicted octanol–water partition coefficient (Wildman–Crippen LogP) is 6.44. The molecule has 0 unspecified atom stereocenters. The zero-order chi connectivity index (χ0) is 21.8. The van der Waals surface area contributed by atoms with Crippen LogP contribution in [0.3, 0.4) is 0 Å². The van der Waals surface area contributed by atoms with Crippen molar-refractivity contribution in [2.24, 2.45) is 4.99 Å². The van der Waals surface area contributed by atoms with Crippen molar-refractivity contribution in [3.63, 3.8) is 0 Å². The van der Waals surface area contributed by atoms with Crippen LogP contribution in [0, 0.1) is 0 Å². The van der Waals surface area contributed by atoms with Crippen molar-refractivity contribution in [2.75, 3.05) is 7.11 Å². The maximum absolute atomic E-state index is 5.36. The molecule has 0 aliphatic carbocycles. The molecule has 0 radical (unpaired) electrons. The minimum atomic E-state index is 0.0204. The van der Waals surface area contributed by atoms with E-state index in [0.29, 0.717) is 0 Å². The van der Waals surface area contributed by atoms with Crippen molar-refractivity contribution < 1.29 is 4.74 Å². The minimum absolute atomic E-state index is 0.0204. The number of hydrogen-bond acceptors (Lipinski definition) is 3. The molecule has 0 spiro atoms. The van der Waals surface area contributed by atoms with E-state index < -0.39 is 0 Å². The van der Waals surface area contributed by atoms with Crippen LogP contribution in [0.5, 0.6) is 5.75 Å². The summed E-state index contributed by atoms with van der Waals surface area (Å²) in [6.07, 6.45) is 0. The van der Waals surface area contributed by atoms with Gasteiger partial charge in [-0.05, 0) is 28.8 Å². The first kappa shape index (κ1) is 20.1. The van der Waals surface area contributed by atoms with Gasteiger partial charge in [0.25, 0.3) is 0 Å². The number of aliphatic imine (C=N–C) groups is 1. The highest BCUT2D eigenvalue weighted by atomic mass is 16.5. The number of rotatable bonds is 6. The van der Waals surface area contributed by atoms with E-state index in [1.807, 2.05) is 12.1 Å². The molecular weight excluding hydrogens is 392 g/mol. The first-order valence-electron chi connectivity index (χ1n) is 11.0. The van der Waals surface area contributed by atoms with Crippen LogP contribution in [0.1, 0.15) is 34.3 Å². The van der Waals surface area contributed by atoms with Gasteiger partial charge >= 0.3 is 0 Å². The van der Waals surface area contributed by atoms with E-state index in [1.165, 1.54) is 16.7 Å². The Morgan fingerprint density at radius 3 is 1.84 bits per heavy atom. The standard InChI is InChI=1S/C29H26N2O/c1-32-26-19-17-22(18-20-26)21-31-28(24-13-7-3-8-14-24)27(23-11-5-2-6-12-23)30-29(31)25-15-9-4-10-16-25/h2-20,27-28H,21H2,1H3/t27-,28-/m0/s1. The number of ether oxygens (including phenoxy) is 1. The van der Waals surface area contributed by atoms with E-state index in [-0.39, 0.29) is 12.1 Å². The summed E-state index contributed by atoms with van der Waals surface area (Å²) in [5, 5.41) is 0. The van der Waals surface area contributed by atoms with Gasteiger partial charge in [0.2, 0.25) is 0 Å². The largest absolute Gasteiger partial charge is 0.497 e. The summed E-state index contributed by atoms with van der Waals surface area (Å²) in [6.45, 7) is 0.765. The predicted molar refractivity (Wildman–Crippen MR) is 130 cm³/mol. The molecule has 3 heteroatoms. The van der Waals surface area contributed by atoms with Crippen molar-refractivity contribution in [3.8, 4) is 5.75 Å². The SMILES string of the molecule is COc1ccc(CN2C(c3ccccc3)=N[C@@H](c3ccccc3)[C@@H]2c2ccccc2)cc1. The molecule has 0 N–H and O–H groups in total. The molecule has 1 heterocycles. The number of benzene rings is 4. The lowest BCUT2D eigenvalue weighted by atomic mass is 9.93. The Bertz CT molecular complexity index is 1170. The van der Waals surface area contributed by atoms with Crippen LogP contribution in [0.2, 0.25) is 0 Å². The highest BCUT2D eigenvalue weighted by Crippen LogP contribution is 2.44. The highest BCUT2D eigenvalue weighted by Gasteiger charge is 2.38. The Morgan fingerprint density at radius 1 is 0.688 bits per heavy atom. The Kier molecular flexibility index (Phi) is 5.71. The van der Waals surface area contributed by atoms with Crippen LogP contribution < -0.4 is 4.74 Å². The monoisotopic (exact) mass is 418 g/mol. The molecule has 0 saturated heterocycles. The van der Waals surface area contributed by atoms with Gasteiger partial charge in [-0.3, -0.25) is 4.99 Å². The Balaban J connectivity index is 1.62. The highest BCUT2D eigenvalue weighted by molar-refractivity contribution is 6.00. The van der Waals surface area contributed by atoms with E-state index in [0.717, 1.165) is 23.7 Å². The molecule has 5 rings (SSSR count). The van der Waals surface area contributed by atoms with Gasteiger partial charge in [0.1, 0.15) is 17.6 Å². The zero-order valence-electron chi connectivity index (χ0n) is 18.1. The summed E-state index contributed by atoms with van der Waals surface area (Å²) in [4.78, 5) is 7.76. The molecule has 0 aromatic heterocycles. The maximum Gasteiger partial charge on any atom is 0.132 e. The van der Waals surface area contributed by atoms with Crippen LogP contribution in [0.25, 0.3) is 0 Å². The van der Waals surface area contributed by atoms with Crippen molar-refractivity contribution in [1.29, 1.82) is 0 Å². The third-order valence-corrected chi connectivity index (χ3v) is 5.99. The second-order valence-corrected chi connectivity index (χ2v) is 8.01. The van der Waals surface area contributed by atoms with E-state index >= 15 is 0 Å². The fraction of sp³-hybridized carbons (Fsp3) is 0.138. The molecule has 3 nitrogen and oxygen atoms in total. The molecule has 0 fully saturated rings. The Labute approximate surface area is 189 Å². The maximum atomic E-state index is 5.36. The lowest BCUT2D eigenvalue weighted by molar-refractivity contribution is 0.304. The molecule has 1 aliphatic rings. The zero-order valence-corrected chi connectivity index (χ0v) is 18.1. The Hall–Kier alpha value is -3.85. The van der Waals surface area contributed by atoms with Crippen molar-refractivity contribution >= 4 is 5.84 Å². The molecular formula is C29H26N2O. The lowest BCUT2D eigenvalue weighted by Gasteiger charge is -2.31. The van der Waals surface area contributed by atoms with Gasteiger partial charge in [-0.2, -0.15) is 0 Å². The lowest BCUT2D eigenvalue weighted by Crippen LogP contribution is -2.31. The molecule has 2 atom stereocenters. The van der Waals surface area contributed by atoms with Crippen LogP contribution in [-0.2, 0) is 6.54 Å². The molecule has 158 valence electrons. The molecule has 4 aromatic rings. The summed E-state index contributed by atoms with van der Waals surface area (Å²) in [7, 11) is 1.70. The molecule has 0 bridgehead atoms. The second-order valence-electron chi connectivity index (χ2n) is 8.01. The van der Waals surface area contributed by atoms with Gasteiger partial charge in [-0.25, -0.2) is 0 Å². The van der Waals surface area contributed by atoms with E-state index in [4.69, 9.17) is 9.73 Å². The molecule has 0 amide bonds. The van der Waals surface area contributed by atoms with Crippen LogP contribution >= 0.6 is 0 Å². The number of hydrogen-bond donors (Lipinski definition) is 0. The van der Waals surface area contributed by atoms with Gasteiger partial charge in [0.15, 0.2) is 0 Å². The summed E-state index contributed by atoms with van der Waals surface area (Å²) < 4.78 is 5.36. The first-order chi connectivity index (χ1) is 15.8. The van der Waals surface area contributed by atoms with Crippen molar-refractivity contribution in [2.45, 2.75) is 18.6 Å². The van der Waals surface area contributed by atoms with Gasteiger partial charge in [0, 0.05) is 12.1 Å². The van der Waals surface area contributed by atoms with Gasteiger partial charge in [-0.1, -0.05) is 103 Å². The second kappa shape index (κ2) is 9.11. The van der Waals surface area contributed by atoms with Gasteiger partial charge < -0.3 is 9.64 Å². The van der Waals surface area contributed by atoms with E-state index in [2.05, 4.69) is 108 Å². The molecule has 1 aliphatic heterocycles. The summed E-state index contributed by atoms with van der Waals surface area (Å²) in [5.41, 5.74) is 4.86. The Morgan fingerprint density at radius 2 is 1.25 bits per heavy atom.